The summed E-state index contributed by atoms with van der Waals surface area (Å²) in [5.41, 5.74) is 2.38. The van der Waals surface area contributed by atoms with Crippen molar-refractivity contribution in [3.05, 3.63) is 12.2 Å². The number of carbonyl (C=O) groups excluding carboxylic acids is 1. The molecule has 0 N–H and O–H groups in total. The molecule has 1 heteroatoms. The van der Waals surface area contributed by atoms with Crippen molar-refractivity contribution in [3.63, 3.8) is 0 Å². The third-order valence-corrected chi connectivity index (χ3v) is 9.31. The lowest BCUT2D eigenvalue weighted by molar-refractivity contribution is -0.124. The molecule has 0 aromatic heterocycles. The Kier molecular flexibility index (Phi) is 4.01. The van der Waals surface area contributed by atoms with Gasteiger partial charge in [-0.1, -0.05) is 26.0 Å². The first-order chi connectivity index (χ1) is 11.4. The molecule has 0 bridgehead atoms. The van der Waals surface area contributed by atoms with Crippen molar-refractivity contribution in [1.82, 2.24) is 0 Å². The van der Waals surface area contributed by atoms with Crippen LogP contribution >= 0.6 is 0 Å². The van der Waals surface area contributed by atoms with Crippen LogP contribution in [0.3, 0.4) is 0 Å². The molecule has 4 fully saturated rings. The van der Waals surface area contributed by atoms with Gasteiger partial charge in [-0.25, -0.2) is 0 Å². The van der Waals surface area contributed by atoms with Gasteiger partial charge >= 0.3 is 0 Å². The smallest absolute Gasteiger partial charge is 0.133 e. The molecule has 0 heterocycles. The molecule has 4 rings (SSSR count). The highest BCUT2D eigenvalue weighted by atomic mass is 16.1. The van der Waals surface area contributed by atoms with E-state index in [1.165, 1.54) is 50.5 Å². The number of carbonyl (C=O) groups is 1. The zero-order valence-electron chi connectivity index (χ0n) is 16.1. The fourth-order valence-corrected chi connectivity index (χ4v) is 8.11. The summed E-state index contributed by atoms with van der Waals surface area (Å²) in [6.45, 7) is 11.8. The predicted molar refractivity (Wildman–Crippen MR) is 99.7 cm³/mol. The summed E-state index contributed by atoms with van der Waals surface area (Å²) < 4.78 is 0. The van der Waals surface area contributed by atoms with E-state index in [1.807, 2.05) is 0 Å². The number of ketones is 1. The number of hydrogen-bond acceptors (Lipinski definition) is 1. The highest BCUT2D eigenvalue weighted by molar-refractivity contribution is 5.79. The quantitative estimate of drug-likeness (QED) is 0.525. The molecule has 4 aliphatic carbocycles. The summed E-state index contributed by atoms with van der Waals surface area (Å²) in [7, 11) is 0. The van der Waals surface area contributed by atoms with E-state index >= 15 is 0 Å². The molecule has 0 saturated heterocycles. The molecular weight excluding hydrogens is 292 g/mol. The molecule has 24 heavy (non-hydrogen) atoms. The standard InChI is InChI=1S/C23H36O/c1-15(2)19-9-10-20-18-8-7-16-14-17(24)6-5-12-22(16,3)21(18)11-13-23(19,20)4/h16,18-21H,1,5-14H2,2-4H3/t16?,18-,19+,20?,21?,22-,23+/m0/s1. The second kappa shape index (κ2) is 5.71. The van der Waals surface area contributed by atoms with Gasteiger partial charge < -0.3 is 0 Å². The average molecular weight is 329 g/mol. The number of hydrogen-bond donors (Lipinski definition) is 0. The molecule has 4 saturated carbocycles. The molecule has 0 aromatic rings. The fourth-order valence-electron chi connectivity index (χ4n) is 8.11. The van der Waals surface area contributed by atoms with Gasteiger partial charge in [0.1, 0.15) is 5.78 Å². The molecule has 7 atom stereocenters. The first-order valence-corrected chi connectivity index (χ1v) is 10.5. The first kappa shape index (κ1) is 16.9. The van der Waals surface area contributed by atoms with Crippen molar-refractivity contribution in [1.29, 1.82) is 0 Å². The molecule has 4 aliphatic rings. The molecule has 0 spiro atoms. The van der Waals surface area contributed by atoms with Crippen molar-refractivity contribution in [2.24, 2.45) is 40.4 Å². The molecular formula is C23H36O. The summed E-state index contributed by atoms with van der Waals surface area (Å²) in [6, 6.07) is 0. The zero-order chi connectivity index (χ0) is 17.1. The first-order valence-electron chi connectivity index (χ1n) is 10.5. The van der Waals surface area contributed by atoms with E-state index in [0.29, 0.717) is 22.5 Å². The lowest BCUT2D eigenvalue weighted by Crippen LogP contribution is -2.51. The minimum absolute atomic E-state index is 0.442. The van der Waals surface area contributed by atoms with Crippen molar-refractivity contribution in [2.45, 2.75) is 85.0 Å². The fraction of sp³-hybridized carbons (Fsp3) is 0.870. The lowest BCUT2D eigenvalue weighted by atomic mass is 9.46. The Balaban J connectivity index is 1.63. The highest BCUT2D eigenvalue weighted by Gasteiger charge is 2.59. The van der Waals surface area contributed by atoms with Crippen molar-refractivity contribution < 1.29 is 4.79 Å². The van der Waals surface area contributed by atoms with Crippen LogP contribution in [0.1, 0.15) is 85.0 Å². The molecule has 0 aliphatic heterocycles. The lowest BCUT2D eigenvalue weighted by Gasteiger charge is -2.59. The SMILES string of the molecule is C=C(C)[C@H]1CCC2[C@@H]3CCC4CC(=O)CCC[C@]4(C)C3CC[C@@]21C. The molecule has 1 nitrogen and oxygen atoms in total. The Morgan fingerprint density at radius 1 is 1.00 bits per heavy atom. The topological polar surface area (TPSA) is 17.1 Å². The van der Waals surface area contributed by atoms with E-state index in [2.05, 4.69) is 27.4 Å². The number of fused-ring (bicyclic) bond motifs is 5. The zero-order valence-corrected chi connectivity index (χ0v) is 16.1. The Morgan fingerprint density at radius 3 is 2.50 bits per heavy atom. The summed E-state index contributed by atoms with van der Waals surface area (Å²) in [5, 5.41) is 0. The molecule has 0 amide bonds. The second-order valence-corrected chi connectivity index (χ2v) is 10.3. The summed E-state index contributed by atoms with van der Waals surface area (Å²) in [6.07, 6.45) is 12.5. The van der Waals surface area contributed by atoms with Crippen molar-refractivity contribution in [3.8, 4) is 0 Å². The van der Waals surface area contributed by atoms with Gasteiger partial charge in [0.05, 0.1) is 0 Å². The van der Waals surface area contributed by atoms with Crippen molar-refractivity contribution >= 4 is 5.78 Å². The number of Topliss-reactive ketones (excluding diaryl/α,β-unsaturated/α-hetero) is 1. The predicted octanol–water partition coefficient (Wildman–Crippen LogP) is 6.18. The normalized spacial score (nSPS) is 51.3. The van der Waals surface area contributed by atoms with Crippen LogP contribution in [-0.2, 0) is 4.79 Å². The van der Waals surface area contributed by atoms with Crippen LogP contribution in [0.15, 0.2) is 12.2 Å². The van der Waals surface area contributed by atoms with Crippen LogP contribution in [-0.4, -0.2) is 5.78 Å². The van der Waals surface area contributed by atoms with Gasteiger partial charge in [0.15, 0.2) is 0 Å². The third kappa shape index (κ3) is 2.29. The Bertz CT molecular complexity index is 548. The van der Waals surface area contributed by atoms with Gasteiger partial charge in [-0.05, 0) is 98.7 Å². The molecule has 0 radical (unpaired) electrons. The average Bonchev–Trinajstić information content (AvgIpc) is 2.79. The maximum absolute atomic E-state index is 12.2. The Morgan fingerprint density at radius 2 is 1.75 bits per heavy atom. The van der Waals surface area contributed by atoms with E-state index in [0.717, 1.165) is 42.9 Å². The highest BCUT2D eigenvalue weighted by Crippen LogP contribution is 2.67. The van der Waals surface area contributed by atoms with E-state index < -0.39 is 0 Å². The van der Waals surface area contributed by atoms with Gasteiger partial charge in [0.25, 0.3) is 0 Å². The van der Waals surface area contributed by atoms with Crippen LogP contribution in [0.5, 0.6) is 0 Å². The minimum Gasteiger partial charge on any atom is -0.300 e. The number of rotatable bonds is 1. The van der Waals surface area contributed by atoms with Crippen LogP contribution in [0.25, 0.3) is 0 Å². The van der Waals surface area contributed by atoms with E-state index in [4.69, 9.17) is 0 Å². The summed E-state index contributed by atoms with van der Waals surface area (Å²) >= 11 is 0. The largest absolute Gasteiger partial charge is 0.300 e. The summed E-state index contributed by atoms with van der Waals surface area (Å²) in [5.74, 6) is 4.69. The maximum Gasteiger partial charge on any atom is 0.133 e. The van der Waals surface area contributed by atoms with Gasteiger partial charge in [0.2, 0.25) is 0 Å². The third-order valence-electron chi connectivity index (χ3n) is 9.31. The van der Waals surface area contributed by atoms with E-state index in [-0.39, 0.29) is 0 Å². The monoisotopic (exact) mass is 328 g/mol. The second-order valence-electron chi connectivity index (χ2n) is 10.3. The van der Waals surface area contributed by atoms with E-state index in [9.17, 15) is 4.79 Å². The van der Waals surface area contributed by atoms with Crippen LogP contribution in [0.4, 0.5) is 0 Å². The minimum atomic E-state index is 0.442. The maximum atomic E-state index is 12.2. The van der Waals surface area contributed by atoms with Gasteiger partial charge in [0, 0.05) is 12.8 Å². The molecule has 0 aromatic carbocycles. The molecule has 3 unspecified atom stereocenters. The Hall–Kier alpha value is -0.590. The van der Waals surface area contributed by atoms with Crippen LogP contribution in [0, 0.1) is 40.4 Å². The summed E-state index contributed by atoms with van der Waals surface area (Å²) in [4.78, 5) is 12.2. The van der Waals surface area contributed by atoms with Gasteiger partial charge in [-0.3, -0.25) is 4.79 Å². The number of allylic oxidation sites excluding steroid dienone is 1. The van der Waals surface area contributed by atoms with Gasteiger partial charge in [-0.15, -0.1) is 0 Å². The van der Waals surface area contributed by atoms with E-state index in [1.54, 1.807) is 0 Å². The Labute approximate surface area is 148 Å². The molecule has 134 valence electrons. The van der Waals surface area contributed by atoms with Crippen molar-refractivity contribution in [2.75, 3.05) is 0 Å². The van der Waals surface area contributed by atoms with Gasteiger partial charge in [-0.2, -0.15) is 0 Å². The van der Waals surface area contributed by atoms with Crippen LogP contribution < -0.4 is 0 Å². The van der Waals surface area contributed by atoms with Crippen LogP contribution in [0.2, 0.25) is 0 Å².